The predicted molar refractivity (Wildman–Crippen MR) is 173 cm³/mol. The molecule has 1 aliphatic rings. The van der Waals surface area contributed by atoms with Crippen LogP contribution in [0.4, 0.5) is 5.69 Å². The van der Waals surface area contributed by atoms with Gasteiger partial charge in [-0.1, -0.05) is 11.6 Å². The van der Waals surface area contributed by atoms with Crippen LogP contribution in [0.1, 0.15) is 18.1 Å². The molecule has 46 heavy (non-hydrogen) atoms. The van der Waals surface area contributed by atoms with Crippen LogP contribution in [0.3, 0.4) is 0 Å². The summed E-state index contributed by atoms with van der Waals surface area (Å²) in [6.07, 6.45) is 1.95. The summed E-state index contributed by atoms with van der Waals surface area (Å²) in [7, 11) is -0.0740. The van der Waals surface area contributed by atoms with E-state index in [1.807, 2.05) is 6.92 Å². The number of hydrogen-bond acceptors (Lipinski definition) is 13. The number of phenols is 2. The van der Waals surface area contributed by atoms with Gasteiger partial charge in [-0.05, 0) is 24.3 Å². The first-order valence-electron chi connectivity index (χ1n) is 14.2. The Morgan fingerprint density at radius 3 is 1.98 bits per heavy atom. The topological polar surface area (TPSA) is 187 Å². The molecule has 0 saturated heterocycles. The van der Waals surface area contributed by atoms with E-state index < -0.39 is 32.6 Å². The van der Waals surface area contributed by atoms with Crippen molar-refractivity contribution in [2.24, 2.45) is 0 Å². The number of anilines is 1. The second-order valence-electron chi connectivity index (χ2n) is 10.9. The number of aliphatic hydroxyl groups is 1. The molecular weight excluding hydrogens is 622 g/mol. The summed E-state index contributed by atoms with van der Waals surface area (Å²) in [6, 6.07) is 2.43. The van der Waals surface area contributed by atoms with E-state index in [4.69, 9.17) is 28.2 Å². The van der Waals surface area contributed by atoms with Gasteiger partial charge in [-0.3, -0.25) is 13.8 Å². The summed E-state index contributed by atoms with van der Waals surface area (Å²) in [4.78, 5) is 27.3. The molecule has 14 heteroatoms. The number of methoxy groups -OCH3 is 3. The lowest BCUT2D eigenvalue weighted by atomic mass is 9.83. The van der Waals surface area contributed by atoms with Gasteiger partial charge in [0.1, 0.15) is 17.4 Å². The van der Waals surface area contributed by atoms with Gasteiger partial charge in [-0.15, -0.1) is 0 Å². The third-order valence-electron chi connectivity index (χ3n) is 8.20. The molecular formula is C32H31NO12S. The van der Waals surface area contributed by atoms with Crippen molar-refractivity contribution in [3.05, 3.63) is 49.3 Å². The highest BCUT2D eigenvalue weighted by molar-refractivity contribution is 7.86. The molecule has 13 nitrogen and oxygen atoms in total. The fourth-order valence-electron chi connectivity index (χ4n) is 6.50. The predicted octanol–water partition coefficient (Wildman–Crippen LogP) is 3.02. The number of ether oxygens (including phenoxy) is 4. The zero-order valence-electron chi connectivity index (χ0n) is 25.4. The molecule has 0 unspecified atom stereocenters. The van der Waals surface area contributed by atoms with Crippen LogP contribution in [0, 0.1) is 0 Å². The first-order chi connectivity index (χ1) is 22.0. The Hall–Kier alpha value is -4.63. The van der Waals surface area contributed by atoms with Crippen molar-refractivity contribution >= 4 is 65.0 Å². The molecule has 1 aliphatic carbocycles. The maximum Gasteiger partial charge on any atom is 0.285 e. The minimum absolute atomic E-state index is 0.0195. The highest BCUT2D eigenvalue weighted by Crippen LogP contribution is 2.56. The number of fused-ring (bicyclic) bond motifs is 1. The molecule has 0 aromatic heterocycles. The van der Waals surface area contributed by atoms with Crippen molar-refractivity contribution in [1.82, 2.24) is 0 Å². The van der Waals surface area contributed by atoms with Crippen molar-refractivity contribution in [2.75, 3.05) is 59.0 Å². The van der Waals surface area contributed by atoms with E-state index >= 15 is 0 Å². The highest BCUT2D eigenvalue weighted by atomic mass is 32.2. The molecule has 0 radical (unpaired) electrons. The van der Waals surface area contributed by atoms with E-state index in [0.717, 1.165) is 5.57 Å². The minimum Gasteiger partial charge on any atom is -0.505 e. The molecule has 0 heterocycles. The van der Waals surface area contributed by atoms with Gasteiger partial charge in [0.2, 0.25) is 0 Å². The lowest BCUT2D eigenvalue weighted by Gasteiger charge is -2.24. The monoisotopic (exact) mass is 653 g/mol. The molecule has 5 aromatic carbocycles. The summed E-state index contributed by atoms with van der Waals surface area (Å²) >= 11 is 0. The molecule has 6 rings (SSSR count). The van der Waals surface area contributed by atoms with Gasteiger partial charge in [-0.25, -0.2) is 0 Å². The van der Waals surface area contributed by atoms with E-state index in [1.165, 1.54) is 33.5 Å². The lowest BCUT2D eigenvalue weighted by Crippen LogP contribution is -2.21. The molecule has 0 bridgehead atoms. The highest BCUT2D eigenvalue weighted by Gasteiger charge is 2.33. The molecule has 5 aromatic rings. The van der Waals surface area contributed by atoms with E-state index in [0.29, 0.717) is 43.4 Å². The average Bonchev–Trinajstić information content (AvgIpc) is 3.16. The second kappa shape index (κ2) is 11.6. The molecule has 242 valence electrons. The summed E-state index contributed by atoms with van der Waals surface area (Å²) in [5.74, 6) is -1.28. The zero-order chi connectivity index (χ0) is 33.1. The number of allylic oxidation sites excluding steroid dienone is 1. The van der Waals surface area contributed by atoms with Gasteiger partial charge in [0.15, 0.2) is 28.1 Å². The Balaban J connectivity index is 1.77. The first kappa shape index (κ1) is 31.4. The van der Waals surface area contributed by atoms with Crippen LogP contribution in [0.25, 0.3) is 49.2 Å². The maximum absolute atomic E-state index is 13.7. The summed E-state index contributed by atoms with van der Waals surface area (Å²) < 4.78 is 52.7. The van der Waals surface area contributed by atoms with Crippen LogP contribution in [0.5, 0.6) is 28.7 Å². The largest absolute Gasteiger partial charge is 0.505 e. The van der Waals surface area contributed by atoms with Crippen molar-refractivity contribution in [1.29, 1.82) is 0 Å². The summed E-state index contributed by atoms with van der Waals surface area (Å²) in [5.41, 5.74) is 0.439. The quantitative estimate of drug-likeness (QED) is 0.0507. The third kappa shape index (κ3) is 4.67. The second-order valence-corrected chi connectivity index (χ2v) is 12.5. The fraction of sp³-hybridized carbons (Fsp3) is 0.312. The molecule has 4 N–H and O–H groups in total. The van der Waals surface area contributed by atoms with Gasteiger partial charge in [-0.2, -0.15) is 8.42 Å². The molecule has 0 atom stereocenters. The number of rotatable bonds is 12. The van der Waals surface area contributed by atoms with Gasteiger partial charge in [0, 0.05) is 44.6 Å². The van der Waals surface area contributed by atoms with E-state index in [1.54, 1.807) is 6.08 Å². The van der Waals surface area contributed by atoms with Crippen molar-refractivity contribution < 1.29 is 46.9 Å². The number of aromatic hydroxyl groups is 2. The maximum atomic E-state index is 13.7. The summed E-state index contributed by atoms with van der Waals surface area (Å²) in [6.45, 7) is 1.24. The smallest absolute Gasteiger partial charge is 0.285 e. The zero-order valence-corrected chi connectivity index (χ0v) is 26.2. The molecule has 0 fully saturated rings. The van der Waals surface area contributed by atoms with Crippen molar-refractivity contribution in [2.45, 2.75) is 13.3 Å². The van der Waals surface area contributed by atoms with Crippen LogP contribution >= 0.6 is 0 Å². The van der Waals surface area contributed by atoms with Crippen molar-refractivity contribution in [3.63, 3.8) is 0 Å². The Labute approximate surface area is 261 Å². The SMILES string of the molecule is COc1c(O)c2c(=O)cc(OC)c3c4c(OC)cc(=O)c5c(O)c(NCS(=O)(=O)OCCOCCO)c6c(c(c1C=C(C)C6)c23)c54. The number of nitrogens with one attached hydrogen (secondary N) is 1. The van der Waals surface area contributed by atoms with Gasteiger partial charge >= 0.3 is 0 Å². The van der Waals surface area contributed by atoms with Gasteiger partial charge in [0.25, 0.3) is 10.1 Å². The van der Waals surface area contributed by atoms with Crippen LogP contribution < -0.4 is 30.4 Å². The normalized spacial score (nSPS) is 13.2. The Bertz CT molecular complexity index is 2300. The van der Waals surface area contributed by atoms with E-state index in [9.17, 15) is 28.2 Å². The molecule has 0 spiro atoms. The average molecular weight is 654 g/mol. The van der Waals surface area contributed by atoms with Crippen LogP contribution in [0.15, 0.2) is 27.3 Å². The van der Waals surface area contributed by atoms with Crippen LogP contribution in [-0.2, 0) is 25.5 Å². The van der Waals surface area contributed by atoms with Gasteiger partial charge < -0.3 is 39.6 Å². The Morgan fingerprint density at radius 1 is 0.783 bits per heavy atom. The van der Waals surface area contributed by atoms with E-state index in [-0.39, 0.29) is 72.3 Å². The van der Waals surface area contributed by atoms with Crippen molar-refractivity contribution in [3.8, 4) is 28.7 Å². The summed E-state index contributed by atoms with van der Waals surface area (Å²) in [5, 5.41) is 36.9. The standard InChI is InChI=1S/C32H31NO12S/c1-14-9-15-21-22-16(10-14)32(43-4)31(38)24-18(36)12-20(42-3)26(28(22)24)25-19(41-2)11-17(35)23(27(21)25)30(37)29(15)33-13-46(39,40)45-8-7-44-6-5-34/h10-12,33-34,37-38H,5-9,13H2,1-4H3. The fourth-order valence-corrected chi connectivity index (χ4v) is 7.23. The number of phenolic OH excluding ortho intramolecular Hbond substituents is 2. The van der Waals surface area contributed by atoms with Crippen LogP contribution in [0.2, 0.25) is 0 Å². The Morgan fingerprint density at radius 2 is 1.39 bits per heavy atom. The van der Waals surface area contributed by atoms with Crippen LogP contribution in [-0.4, -0.2) is 77.4 Å². The lowest BCUT2D eigenvalue weighted by molar-refractivity contribution is 0.0719. The number of aliphatic hydroxyl groups excluding tert-OH is 1. The third-order valence-corrected chi connectivity index (χ3v) is 9.22. The first-order valence-corrected chi connectivity index (χ1v) is 15.8. The minimum atomic E-state index is -4.21. The Kier molecular flexibility index (Phi) is 7.92. The number of benzene rings is 5. The van der Waals surface area contributed by atoms with E-state index in [2.05, 4.69) is 5.32 Å². The van der Waals surface area contributed by atoms with Gasteiger partial charge in [0.05, 0.1) is 64.2 Å². The molecule has 0 saturated carbocycles. The molecule has 0 aliphatic heterocycles. The number of hydrogen-bond donors (Lipinski definition) is 4. The molecule has 0 amide bonds.